The average Bonchev–Trinajstić information content (AvgIpc) is 2.85. The van der Waals surface area contributed by atoms with E-state index in [1.54, 1.807) is 19.3 Å². The van der Waals surface area contributed by atoms with E-state index in [1.165, 1.54) is 16.7 Å². The van der Waals surface area contributed by atoms with Crippen LogP contribution in [0.25, 0.3) is 5.69 Å². The number of alkyl halides is 3. The number of aromatic nitrogens is 3. The van der Waals surface area contributed by atoms with Gasteiger partial charge in [0.2, 0.25) is 5.88 Å². The Morgan fingerprint density at radius 3 is 2.41 bits per heavy atom. The van der Waals surface area contributed by atoms with Crippen molar-refractivity contribution in [1.29, 1.82) is 0 Å². The van der Waals surface area contributed by atoms with Crippen LogP contribution >= 0.6 is 0 Å². The maximum absolute atomic E-state index is 12.9. The lowest BCUT2D eigenvalue weighted by molar-refractivity contribution is -0.274. The Labute approximate surface area is 164 Å². The summed E-state index contributed by atoms with van der Waals surface area (Å²) in [7, 11) is 0. The van der Waals surface area contributed by atoms with Gasteiger partial charge in [0.05, 0.1) is 17.9 Å². The van der Waals surface area contributed by atoms with Crippen LogP contribution in [0.1, 0.15) is 36.6 Å². The summed E-state index contributed by atoms with van der Waals surface area (Å²) >= 11 is 0. The molecular formula is C20H20F3N3O3. The second-order valence-electron chi connectivity index (χ2n) is 6.88. The fourth-order valence-corrected chi connectivity index (χ4v) is 3.12. The highest BCUT2D eigenvalue weighted by molar-refractivity contribution is 5.42. The molecule has 0 aliphatic carbocycles. The van der Waals surface area contributed by atoms with Gasteiger partial charge >= 0.3 is 12.1 Å². The quantitative estimate of drug-likeness (QED) is 0.691. The summed E-state index contributed by atoms with van der Waals surface area (Å²) in [6.45, 7) is 5.87. The van der Waals surface area contributed by atoms with Crippen LogP contribution in [0.5, 0.6) is 11.6 Å². The molecule has 29 heavy (non-hydrogen) atoms. The van der Waals surface area contributed by atoms with Crippen LogP contribution in [0.2, 0.25) is 0 Å². The summed E-state index contributed by atoms with van der Waals surface area (Å²) in [4.78, 5) is 17.1. The number of hydrogen-bond donors (Lipinski definition) is 1. The Hall–Kier alpha value is -3.23. The molecule has 0 saturated heterocycles. The van der Waals surface area contributed by atoms with Crippen LogP contribution in [0, 0.1) is 6.92 Å². The first kappa shape index (κ1) is 20.5. The first-order valence-corrected chi connectivity index (χ1v) is 8.88. The molecule has 0 aliphatic heterocycles. The van der Waals surface area contributed by atoms with E-state index in [0.717, 1.165) is 27.8 Å². The fraction of sp³-hybridized carbons (Fsp3) is 0.300. The van der Waals surface area contributed by atoms with Gasteiger partial charge in [0, 0.05) is 12.4 Å². The Morgan fingerprint density at radius 1 is 1.17 bits per heavy atom. The van der Waals surface area contributed by atoms with Gasteiger partial charge in [-0.05, 0) is 54.3 Å². The minimum Gasteiger partial charge on any atom is -0.493 e. The molecular weight excluding hydrogens is 387 g/mol. The topological polar surface area (TPSA) is 69.3 Å². The Morgan fingerprint density at radius 2 is 1.83 bits per heavy atom. The number of ether oxygens (including phenoxy) is 1. The van der Waals surface area contributed by atoms with Crippen molar-refractivity contribution in [2.45, 2.75) is 39.6 Å². The summed E-state index contributed by atoms with van der Waals surface area (Å²) < 4.78 is 43.3. The van der Waals surface area contributed by atoms with Crippen molar-refractivity contribution in [3.63, 3.8) is 0 Å². The number of nitrogens with zero attached hydrogens (tertiary/aromatic N) is 3. The van der Waals surface area contributed by atoms with Crippen LogP contribution in [0.15, 0.2) is 47.5 Å². The van der Waals surface area contributed by atoms with Gasteiger partial charge in [-0.15, -0.1) is 13.2 Å². The Bertz CT molecular complexity index is 1070. The summed E-state index contributed by atoms with van der Waals surface area (Å²) in [5, 5.41) is 10.5. The van der Waals surface area contributed by atoms with Crippen molar-refractivity contribution in [1.82, 2.24) is 14.1 Å². The second-order valence-corrected chi connectivity index (χ2v) is 6.88. The Kier molecular flexibility index (Phi) is 5.41. The first-order valence-electron chi connectivity index (χ1n) is 8.88. The number of halogens is 3. The first-order chi connectivity index (χ1) is 13.6. The largest absolute Gasteiger partial charge is 0.573 e. The molecule has 1 aromatic carbocycles. The van der Waals surface area contributed by atoms with Gasteiger partial charge in [-0.3, -0.25) is 9.55 Å². The fourth-order valence-electron chi connectivity index (χ4n) is 3.12. The second kappa shape index (κ2) is 7.65. The molecule has 3 aromatic rings. The van der Waals surface area contributed by atoms with E-state index in [4.69, 9.17) is 0 Å². The average molecular weight is 407 g/mol. The lowest BCUT2D eigenvalue weighted by Crippen LogP contribution is -2.25. The molecule has 154 valence electrons. The van der Waals surface area contributed by atoms with Gasteiger partial charge in [0.15, 0.2) is 0 Å². The highest BCUT2D eigenvalue weighted by Gasteiger charge is 2.31. The summed E-state index contributed by atoms with van der Waals surface area (Å²) in [5.74, 6) is -0.491. The number of pyridine rings is 1. The lowest BCUT2D eigenvalue weighted by atomic mass is 10.00. The third-order valence-electron chi connectivity index (χ3n) is 4.59. The van der Waals surface area contributed by atoms with E-state index >= 15 is 0 Å². The molecule has 0 saturated carbocycles. The molecule has 3 rings (SSSR count). The molecule has 2 heterocycles. The zero-order chi connectivity index (χ0) is 21.3. The van der Waals surface area contributed by atoms with E-state index in [0.29, 0.717) is 5.69 Å². The summed E-state index contributed by atoms with van der Waals surface area (Å²) in [6, 6.07) is 6.54. The van der Waals surface area contributed by atoms with Crippen molar-refractivity contribution in [2.24, 2.45) is 0 Å². The molecule has 9 heteroatoms. The molecule has 6 nitrogen and oxygen atoms in total. The number of rotatable bonds is 5. The number of benzene rings is 1. The number of aromatic hydroxyl groups is 1. The zero-order valence-corrected chi connectivity index (χ0v) is 16.1. The summed E-state index contributed by atoms with van der Waals surface area (Å²) in [6.07, 6.45) is -1.42. The third kappa shape index (κ3) is 4.28. The van der Waals surface area contributed by atoms with E-state index < -0.39 is 17.8 Å². The normalized spacial score (nSPS) is 11.8. The number of hydrogen-bond acceptors (Lipinski definition) is 4. The molecule has 0 fully saturated rings. The maximum Gasteiger partial charge on any atom is 0.573 e. The highest BCUT2D eigenvalue weighted by atomic mass is 19.4. The van der Waals surface area contributed by atoms with Crippen molar-refractivity contribution in [3.05, 3.63) is 70.0 Å². The molecule has 0 aliphatic rings. The minimum atomic E-state index is -4.81. The van der Waals surface area contributed by atoms with Crippen LogP contribution in [-0.2, 0) is 6.54 Å². The number of imidazole rings is 1. The SMILES string of the molecule is Cc1c(O)n(-c2ccc(OC(F)(F)F)cc2)c(=O)n1Cc1ccncc1C(C)C. The van der Waals surface area contributed by atoms with E-state index in [9.17, 15) is 23.1 Å². The van der Waals surface area contributed by atoms with Crippen LogP contribution in [-0.4, -0.2) is 25.6 Å². The van der Waals surface area contributed by atoms with Crippen molar-refractivity contribution >= 4 is 0 Å². The van der Waals surface area contributed by atoms with Crippen molar-refractivity contribution in [3.8, 4) is 17.3 Å². The molecule has 2 aromatic heterocycles. The molecule has 0 radical (unpaired) electrons. The minimum absolute atomic E-state index is 0.201. The van der Waals surface area contributed by atoms with Crippen LogP contribution in [0.3, 0.4) is 0 Å². The van der Waals surface area contributed by atoms with Gasteiger partial charge in [0.1, 0.15) is 5.75 Å². The molecule has 0 amide bonds. The van der Waals surface area contributed by atoms with E-state index in [2.05, 4.69) is 9.72 Å². The highest BCUT2D eigenvalue weighted by Crippen LogP contribution is 2.26. The van der Waals surface area contributed by atoms with Crippen molar-refractivity contribution < 1.29 is 23.0 Å². The monoisotopic (exact) mass is 407 g/mol. The molecule has 0 unspecified atom stereocenters. The molecule has 0 bridgehead atoms. The van der Waals surface area contributed by atoms with E-state index in [1.807, 2.05) is 19.9 Å². The maximum atomic E-state index is 12.9. The van der Waals surface area contributed by atoms with Gasteiger partial charge in [-0.2, -0.15) is 0 Å². The molecule has 1 N–H and O–H groups in total. The van der Waals surface area contributed by atoms with Gasteiger partial charge < -0.3 is 9.84 Å². The molecule has 0 atom stereocenters. The third-order valence-corrected chi connectivity index (χ3v) is 4.59. The van der Waals surface area contributed by atoms with Gasteiger partial charge in [-0.25, -0.2) is 9.36 Å². The predicted molar refractivity (Wildman–Crippen MR) is 101 cm³/mol. The predicted octanol–water partition coefficient (Wildman–Crippen LogP) is 4.12. The lowest BCUT2D eigenvalue weighted by Gasteiger charge is -2.12. The van der Waals surface area contributed by atoms with E-state index in [-0.39, 0.29) is 24.0 Å². The van der Waals surface area contributed by atoms with Crippen LogP contribution in [0.4, 0.5) is 13.2 Å². The van der Waals surface area contributed by atoms with Crippen molar-refractivity contribution in [2.75, 3.05) is 0 Å². The standard InChI is InChI=1S/C20H20F3N3O3/c1-12(2)17-10-24-9-8-14(17)11-25-13(3)18(27)26(19(25)28)15-4-6-16(7-5-15)29-20(21,22)23/h4-10,12,27H,11H2,1-3H3. The molecule has 0 spiro atoms. The smallest absolute Gasteiger partial charge is 0.493 e. The van der Waals surface area contributed by atoms with Crippen LogP contribution < -0.4 is 10.4 Å². The Balaban J connectivity index is 1.99. The summed E-state index contributed by atoms with van der Waals surface area (Å²) in [5.41, 5.74) is 1.95. The zero-order valence-electron chi connectivity index (χ0n) is 16.1. The van der Waals surface area contributed by atoms with Gasteiger partial charge in [0.25, 0.3) is 0 Å². The van der Waals surface area contributed by atoms with Gasteiger partial charge in [-0.1, -0.05) is 13.8 Å².